The van der Waals surface area contributed by atoms with Gasteiger partial charge in [-0.15, -0.1) is 0 Å². The molecular formula is C3H4NO3Zn-. The normalized spacial score (nSPS) is 6.62. The number of rotatable bonds is 2. The second-order valence-corrected chi connectivity index (χ2v) is 0.804. The van der Waals surface area contributed by atoms with Crippen LogP contribution < -0.4 is 0 Å². The van der Waals surface area contributed by atoms with Gasteiger partial charge in [0.1, 0.15) is 0 Å². The summed E-state index contributed by atoms with van der Waals surface area (Å²) in [6.45, 7) is -0.455. The second kappa shape index (κ2) is 6.69. The zero-order chi connectivity index (χ0) is 5.70. The Labute approximate surface area is 59.3 Å². The molecule has 0 heterocycles. The summed E-state index contributed by atoms with van der Waals surface area (Å²) in [5.41, 5.74) is 0. The summed E-state index contributed by atoms with van der Waals surface area (Å²) in [5.74, 6) is -0.713. The molecule has 0 aromatic rings. The maximum atomic E-state index is 9.83. The van der Waals surface area contributed by atoms with Crippen molar-refractivity contribution in [2.45, 2.75) is 0 Å². The maximum Gasteiger partial charge on any atom is 0.299 e. The SMILES string of the molecule is [CH2-]OC(=O)CN=O.[Zn]. The van der Waals surface area contributed by atoms with Crippen molar-refractivity contribution >= 4 is 5.97 Å². The molecule has 0 aliphatic rings. The number of nitroso groups, excluding NO2 is 1. The van der Waals surface area contributed by atoms with Crippen molar-refractivity contribution in [1.29, 1.82) is 0 Å². The first kappa shape index (κ1) is 10.6. The van der Waals surface area contributed by atoms with Crippen LogP contribution in [0.25, 0.3) is 0 Å². The fourth-order valence-electron chi connectivity index (χ4n) is 0.0983. The number of esters is 1. The quantitative estimate of drug-likeness (QED) is 0.253. The van der Waals surface area contributed by atoms with E-state index in [1.54, 1.807) is 0 Å². The molecule has 0 aliphatic heterocycles. The fraction of sp³-hybridized carbons (Fsp3) is 0.333. The van der Waals surface area contributed by atoms with Gasteiger partial charge in [0.2, 0.25) is 0 Å². The van der Waals surface area contributed by atoms with Crippen molar-refractivity contribution in [1.82, 2.24) is 0 Å². The number of hydrogen-bond acceptors (Lipinski definition) is 4. The summed E-state index contributed by atoms with van der Waals surface area (Å²) in [6.07, 6.45) is 0. The molecule has 0 radical (unpaired) electrons. The number of carbonyl (C=O) groups excluding carboxylic acids is 1. The van der Waals surface area contributed by atoms with Gasteiger partial charge in [-0.1, -0.05) is 5.18 Å². The van der Waals surface area contributed by atoms with Crippen LogP contribution in [0.4, 0.5) is 0 Å². The Kier molecular flexibility index (Phi) is 8.90. The van der Waals surface area contributed by atoms with E-state index in [0.29, 0.717) is 0 Å². The fourth-order valence-corrected chi connectivity index (χ4v) is 0.0983. The molecule has 0 rings (SSSR count). The molecule has 0 bridgehead atoms. The topological polar surface area (TPSA) is 55.7 Å². The molecule has 0 aliphatic carbocycles. The van der Waals surface area contributed by atoms with Crippen molar-refractivity contribution < 1.29 is 29.0 Å². The van der Waals surface area contributed by atoms with Crippen LogP contribution in [0.1, 0.15) is 0 Å². The van der Waals surface area contributed by atoms with Crippen LogP contribution in [0.15, 0.2) is 5.18 Å². The molecule has 4 nitrogen and oxygen atoms in total. The summed E-state index contributed by atoms with van der Waals surface area (Å²) in [5, 5.41) is 2.24. The van der Waals surface area contributed by atoms with Crippen molar-refractivity contribution in [3.8, 4) is 0 Å². The van der Waals surface area contributed by atoms with Crippen LogP contribution >= 0.6 is 0 Å². The predicted octanol–water partition coefficient (Wildman–Crippen LogP) is 0.0851. The van der Waals surface area contributed by atoms with Crippen LogP contribution in [0.2, 0.25) is 0 Å². The Morgan fingerprint density at radius 2 is 2.25 bits per heavy atom. The Hall–Kier alpha value is -0.307. The molecule has 0 fully saturated rings. The third kappa shape index (κ3) is 5.69. The molecular weight excluding hydrogens is 163 g/mol. The number of nitrogens with zero attached hydrogens (tertiary/aromatic N) is 1. The summed E-state index contributed by atoms with van der Waals surface area (Å²) in [6, 6.07) is 0. The molecule has 0 atom stereocenters. The summed E-state index contributed by atoms with van der Waals surface area (Å²) < 4.78 is 3.81. The van der Waals surface area contributed by atoms with Gasteiger partial charge in [-0.3, -0.25) is 4.79 Å². The predicted molar refractivity (Wildman–Crippen MR) is 22.1 cm³/mol. The molecule has 0 saturated carbocycles. The Balaban J connectivity index is 0. The van der Waals surface area contributed by atoms with E-state index < -0.39 is 12.5 Å². The first-order valence-corrected chi connectivity index (χ1v) is 1.55. The van der Waals surface area contributed by atoms with E-state index in [1.165, 1.54) is 0 Å². The Morgan fingerprint density at radius 3 is 2.38 bits per heavy atom. The minimum atomic E-state index is -0.713. The molecule has 5 heteroatoms. The molecule has 0 aromatic carbocycles. The van der Waals surface area contributed by atoms with E-state index in [2.05, 4.69) is 17.0 Å². The van der Waals surface area contributed by atoms with Crippen LogP contribution in [0.5, 0.6) is 0 Å². The number of ether oxygens (including phenoxy) is 1. The molecule has 0 unspecified atom stereocenters. The number of hydrogen-bond donors (Lipinski definition) is 0. The number of carbonyl (C=O) groups is 1. The van der Waals surface area contributed by atoms with Gasteiger partial charge in [0.25, 0.3) is 5.97 Å². The molecule has 0 spiro atoms. The monoisotopic (exact) mass is 166 g/mol. The second-order valence-electron chi connectivity index (χ2n) is 0.804. The minimum absolute atomic E-state index is 0. The van der Waals surface area contributed by atoms with Gasteiger partial charge in [-0.25, -0.2) is 0 Å². The van der Waals surface area contributed by atoms with Gasteiger partial charge in [0, 0.05) is 19.5 Å². The molecule has 0 aromatic heterocycles. The van der Waals surface area contributed by atoms with Crippen LogP contribution in [-0.4, -0.2) is 12.5 Å². The van der Waals surface area contributed by atoms with Gasteiger partial charge in [-0.2, -0.15) is 12.0 Å². The van der Waals surface area contributed by atoms with Crippen molar-refractivity contribution in [3.63, 3.8) is 0 Å². The Bertz CT molecular complexity index is 84.6. The smallest absolute Gasteiger partial charge is 0.299 e. The van der Waals surface area contributed by atoms with Crippen LogP contribution in [-0.2, 0) is 29.0 Å². The zero-order valence-electron chi connectivity index (χ0n) is 4.29. The van der Waals surface area contributed by atoms with Gasteiger partial charge in [0.05, 0.1) is 0 Å². The van der Waals surface area contributed by atoms with E-state index in [-0.39, 0.29) is 19.5 Å². The standard InChI is InChI=1S/C3H4NO3.Zn/c1-7-3(5)2-4-6;/h1-2H2;/q-1;. The zero-order valence-corrected chi connectivity index (χ0v) is 7.26. The minimum Gasteiger partial charge on any atom is -0.639 e. The van der Waals surface area contributed by atoms with Gasteiger partial charge >= 0.3 is 0 Å². The van der Waals surface area contributed by atoms with Gasteiger partial charge in [-0.05, 0) is 0 Å². The first-order chi connectivity index (χ1) is 3.31. The van der Waals surface area contributed by atoms with Gasteiger partial charge < -0.3 is 4.74 Å². The van der Waals surface area contributed by atoms with E-state index in [4.69, 9.17) is 0 Å². The van der Waals surface area contributed by atoms with Crippen molar-refractivity contribution in [3.05, 3.63) is 12.0 Å². The summed E-state index contributed by atoms with van der Waals surface area (Å²) >= 11 is 0. The van der Waals surface area contributed by atoms with Crippen LogP contribution in [0, 0.1) is 12.0 Å². The molecule has 42 valence electrons. The van der Waals surface area contributed by atoms with Crippen molar-refractivity contribution in [2.75, 3.05) is 6.54 Å². The molecule has 8 heavy (non-hydrogen) atoms. The average Bonchev–Trinajstić information content (AvgIpc) is 1.68. The van der Waals surface area contributed by atoms with E-state index in [1.807, 2.05) is 0 Å². The Morgan fingerprint density at radius 1 is 1.75 bits per heavy atom. The van der Waals surface area contributed by atoms with E-state index in [9.17, 15) is 9.70 Å². The maximum absolute atomic E-state index is 9.83. The third-order valence-corrected chi connectivity index (χ3v) is 0.355. The average molecular weight is 167 g/mol. The van der Waals surface area contributed by atoms with E-state index in [0.717, 1.165) is 0 Å². The largest absolute Gasteiger partial charge is 0.639 e. The van der Waals surface area contributed by atoms with Crippen molar-refractivity contribution in [2.24, 2.45) is 5.18 Å². The van der Waals surface area contributed by atoms with E-state index >= 15 is 0 Å². The molecule has 0 N–H and O–H groups in total. The molecule has 0 amide bonds. The van der Waals surface area contributed by atoms with Crippen LogP contribution in [0.3, 0.4) is 0 Å². The third-order valence-electron chi connectivity index (χ3n) is 0.355. The summed E-state index contributed by atoms with van der Waals surface area (Å²) in [4.78, 5) is 19.0. The van der Waals surface area contributed by atoms with Gasteiger partial charge in [0.15, 0.2) is 6.54 Å². The molecule has 0 saturated heterocycles. The first-order valence-electron chi connectivity index (χ1n) is 1.55. The summed E-state index contributed by atoms with van der Waals surface area (Å²) in [7, 11) is 2.76.